The summed E-state index contributed by atoms with van der Waals surface area (Å²) in [6.07, 6.45) is 0.179. The number of nitro groups is 1. The van der Waals surface area contributed by atoms with Crippen LogP contribution in [-0.4, -0.2) is 17.4 Å². The van der Waals surface area contributed by atoms with Crippen LogP contribution in [0.25, 0.3) is 0 Å². The van der Waals surface area contributed by atoms with E-state index in [1.54, 1.807) is 6.07 Å². The standard InChI is InChI=1S/C10H12ClN3O3/c11-8-2-1-3-9(14(16)17)7(8)6-13-5-4-10(12)15/h1-3,13H,4-6H2,(H2,12,15). The lowest BCUT2D eigenvalue weighted by atomic mass is 10.2. The normalized spacial score (nSPS) is 10.2. The molecule has 0 heterocycles. The molecule has 0 spiro atoms. The monoisotopic (exact) mass is 257 g/mol. The van der Waals surface area contributed by atoms with Gasteiger partial charge in [-0.2, -0.15) is 0 Å². The Morgan fingerprint density at radius 3 is 2.82 bits per heavy atom. The van der Waals surface area contributed by atoms with Crippen molar-refractivity contribution in [3.05, 3.63) is 38.9 Å². The van der Waals surface area contributed by atoms with Gasteiger partial charge in [0.25, 0.3) is 5.69 Å². The van der Waals surface area contributed by atoms with E-state index in [1.165, 1.54) is 12.1 Å². The Hall–Kier alpha value is -1.66. The maximum Gasteiger partial charge on any atom is 0.275 e. The molecule has 0 radical (unpaired) electrons. The molecule has 1 rings (SSSR count). The van der Waals surface area contributed by atoms with E-state index in [0.717, 1.165) is 0 Å². The number of hydrogen-bond donors (Lipinski definition) is 2. The molecule has 17 heavy (non-hydrogen) atoms. The Morgan fingerprint density at radius 2 is 2.24 bits per heavy atom. The van der Waals surface area contributed by atoms with E-state index in [9.17, 15) is 14.9 Å². The number of primary amides is 1. The number of benzene rings is 1. The van der Waals surface area contributed by atoms with Gasteiger partial charge in [-0.05, 0) is 6.07 Å². The Bertz CT molecular complexity index is 437. The quantitative estimate of drug-likeness (QED) is 0.455. The van der Waals surface area contributed by atoms with Crippen LogP contribution < -0.4 is 11.1 Å². The maximum absolute atomic E-state index is 10.8. The van der Waals surface area contributed by atoms with Gasteiger partial charge in [0, 0.05) is 25.6 Å². The molecule has 0 aromatic heterocycles. The lowest BCUT2D eigenvalue weighted by Crippen LogP contribution is -2.22. The zero-order valence-electron chi connectivity index (χ0n) is 8.98. The van der Waals surface area contributed by atoms with Gasteiger partial charge in [0.15, 0.2) is 0 Å². The Kier molecular flexibility index (Phi) is 4.86. The summed E-state index contributed by atoms with van der Waals surface area (Å²) in [5.41, 5.74) is 5.33. The van der Waals surface area contributed by atoms with Crippen molar-refractivity contribution in [3.63, 3.8) is 0 Å². The van der Waals surface area contributed by atoms with Crippen molar-refractivity contribution in [2.24, 2.45) is 5.73 Å². The molecule has 0 saturated heterocycles. The topological polar surface area (TPSA) is 98.3 Å². The lowest BCUT2D eigenvalue weighted by Gasteiger charge is -2.06. The summed E-state index contributed by atoms with van der Waals surface area (Å²) >= 11 is 5.88. The number of nitrogens with two attached hydrogens (primary N) is 1. The summed E-state index contributed by atoms with van der Waals surface area (Å²) in [5, 5.41) is 14.0. The molecule has 7 heteroatoms. The minimum absolute atomic E-state index is 0.0379. The summed E-state index contributed by atoms with van der Waals surface area (Å²) < 4.78 is 0. The average molecular weight is 258 g/mol. The molecule has 0 saturated carbocycles. The third kappa shape index (κ3) is 4.01. The Balaban J connectivity index is 2.69. The van der Waals surface area contributed by atoms with Crippen LogP contribution in [-0.2, 0) is 11.3 Å². The van der Waals surface area contributed by atoms with Gasteiger partial charge in [-0.3, -0.25) is 14.9 Å². The average Bonchev–Trinajstić information content (AvgIpc) is 2.25. The second kappa shape index (κ2) is 6.17. The summed E-state index contributed by atoms with van der Waals surface area (Å²) in [7, 11) is 0. The van der Waals surface area contributed by atoms with Gasteiger partial charge < -0.3 is 11.1 Å². The SMILES string of the molecule is NC(=O)CCNCc1c(Cl)cccc1[N+](=O)[O-]. The molecule has 0 bridgehead atoms. The zero-order valence-corrected chi connectivity index (χ0v) is 9.74. The van der Waals surface area contributed by atoms with Gasteiger partial charge in [-0.25, -0.2) is 0 Å². The third-order valence-electron chi connectivity index (χ3n) is 2.14. The van der Waals surface area contributed by atoms with Crippen LogP contribution in [0.4, 0.5) is 5.69 Å². The number of amides is 1. The van der Waals surface area contributed by atoms with Gasteiger partial charge >= 0.3 is 0 Å². The van der Waals surface area contributed by atoms with Crippen LogP contribution in [0.1, 0.15) is 12.0 Å². The van der Waals surface area contributed by atoms with E-state index in [1.807, 2.05) is 0 Å². The number of halogens is 1. The Labute approximate surface area is 103 Å². The molecule has 6 nitrogen and oxygen atoms in total. The molecule has 1 amide bonds. The number of nitro benzene ring substituents is 1. The minimum Gasteiger partial charge on any atom is -0.370 e. The van der Waals surface area contributed by atoms with Gasteiger partial charge in [-0.1, -0.05) is 17.7 Å². The number of carbonyl (C=O) groups is 1. The van der Waals surface area contributed by atoms with Crippen LogP contribution in [0, 0.1) is 10.1 Å². The predicted octanol–water partition coefficient (Wildman–Crippen LogP) is 1.21. The minimum atomic E-state index is -0.489. The van der Waals surface area contributed by atoms with Crippen molar-refractivity contribution in [3.8, 4) is 0 Å². The van der Waals surface area contributed by atoms with Gasteiger partial charge in [0.2, 0.25) is 5.91 Å². The molecule has 92 valence electrons. The summed E-state index contributed by atoms with van der Waals surface area (Å²) in [6, 6.07) is 4.49. The van der Waals surface area contributed by atoms with Crippen LogP contribution in [0.5, 0.6) is 0 Å². The van der Waals surface area contributed by atoms with E-state index in [4.69, 9.17) is 17.3 Å². The fourth-order valence-electron chi connectivity index (χ4n) is 1.32. The van der Waals surface area contributed by atoms with E-state index < -0.39 is 10.8 Å². The fourth-order valence-corrected chi connectivity index (χ4v) is 1.55. The molecule has 0 unspecified atom stereocenters. The van der Waals surface area contributed by atoms with E-state index in [-0.39, 0.29) is 18.7 Å². The third-order valence-corrected chi connectivity index (χ3v) is 2.49. The summed E-state index contributed by atoms with van der Waals surface area (Å²) in [6.45, 7) is 0.584. The molecule has 0 aliphatic carbocycles. The summed E-state index contributed by atoms with van der Waals surface area (Å²) in [4.78, 5) is 20.8. The molecule has 3 N–H and O–H groups in total. The highest BCUT2D eigenvalue weighted by atomic mass is 35.5. The largest absolute Gasteiger partial charge is 0.370 e. The van der Waals surface area contributed by atoms with Crippen LogP contribution in [0.15, 0.2) is 18.2 Å². The van der Waals surface area contributed by atoms with Crippen molar-refractivity contribution in [2.75, 3.05) is 6.54 Å². The molecule has 1 aromatic rings. The van der Waals surface area contributed by atoms with Crippen LogP contribution in [0.2, 0.25) is 5.02 Å². The fraction of sp³-hybridized carbons (Fsp3) is 0.300. The molecule has 1 aromatic carbocycles. The summed E-state index contributed by atoms with van der Waals surface area (Å²) in [5.74, 6) is -0.425. The lowest BCUT2D eigenvalue weighted by molar-refractivity contribution is -0.385. The first-order chi connectivity index (χ1) is 8.02. The van der Waals surface area contributed by atoms with Crippen molar-refractivity contribution in [1.29, 1.82) is 0 Å². The van der Waals surface area contributed by atoms with Gasteiger partial charge in [0.1, 0.15) is 0 Å². The van der Waals surface area contributed by atoms with Crippen molar-refractivity contribution < 1.29 is 9.72 Å². The molecular formula is C10H12ClN3O3. The number of carbonyl (C=O) groups excluding carboxylic acids is 1. The number of hydrogen-bond acceptors (Lipinski definition) is 4. The highest BCUT2D eigenvalue weighted by Gasteiger charge is 2.15. The molecule has 0 aliphatic rings. The highest BCUT2D eigenvalue weighted by Crippen LogP contribution is 2.25. The number of nitrogens with one attached hydrogen (secondary N) is 1. The van der Waals surface area contributed by atoms with Crippen molar-refractivity contribution in [2.45, 2.75) is 13.0 Å². The number of nitrogens with zero attached hydrogens (tertiary/aromatic N) is 1. The van der Waals surface area contributed by atoms with E-state index in [0.29, 0.717) is 17.1 Å². The molecular weight excluding hydrogens is 246 g/mol. The van der Waals surface area contributed by atoms with Crippen molar-refractivity contribution in [1.82, 2.24) is 5.32 Å². The first-order valence-corrected chi connectivity index (χ1v) is 5.31. The van der Waals surface area contributed by atoms with Gasteiger partial charge in [-0.15, -0.1) is 0 Å². The van der Waals surface area contributed by atoms with Gasteiger partial charge in [0.05, 0.1) is 15.5 Å². The van der Waals surface area contributed by atoms with E-state index >= 15 is 0 Å². The molecule has 0 atom stereocenters. The van der Waals surface area contributed by atoms with Crippen LogP contribution in [0.3, 0.4) is 0 Å². The highest BCUT2D eigenvalue weighted by molar-refractivity contribution is 6.31. The predicted molar refractivity (Wildman–Crippen MR) is 63.6 cm³/mol. The second-order valence-electron chi connectivity index (χ2n) is 3.39. The first-order valence-electron chi connectivity index (χ1n) is 4.93. The molecule has 0 fully saturated rings. The first kappa shape index (κ1) is 13.4. The number of rotatable bonds is 6. The van der Waals surface area contributed by atoms with E-state index in [2.05, 4.69) is 5.32 Å². The zero-order chi connectivity index (χ0) is 12.8. The second-order valence-corrected chi connectivity index (χ2v) is 3.79. The molecule has 0 aliphatic heterocycles. The Morgan fingerprint density at radius 1 is 1.53 bits per heavy atom. The maximum atomic E-state index is 10.8. The smallest absolute Gasteiger partial charge is 0.275 e. The van der Waals surface area contributed by atoms with Crippen molar-refractivity contribution >= 4 is 23.2 Å². The van der Waals surface area contributed by atoms with Crippen LogP contribution >= 0.6 is 11.6 Å².